The van der Waals surface area contributed by atoms with E-state index in [4.69, 9.17) is 5.11 Å². The van der Waals surface area contributed by atoms with Gasteiger partial charge in [0.25, 0.3) is 0 Å². The maximum absolute atomic E-state index is 11.7. The number of hydrogen-bond donors (Lipinski definition) is 3. The third-order valence-corrected chi connectivity index (χ3v) is 4.19. The van der Waals surface area contributed by atoms with Crippen LogP contribution in [0.2, 0.25) is 0 Å². The Morgan fingerprint density at radius 3 is 2.19 bits per heavy atom. The number of carbonyl (C=O) groups excluding carboxylic acids is 2. The third-order valence-electron chi connectivity index (χ3n) is 4.19. The molecular weight excluding hydrogens is 272 g/mol. The van der Waals surface area contributed by atoms with E-state index in [0.29, 0.717) is 0 Å². The van der Waals surface area contributed by atoms with Gasteiger partial charge in [-0.15, -0.1) is 0 Å². The molecule has 0 aromatic rings. The monoisotopic (exact) mass is 298 g/mol. The van der Waals surface area contributed by atoms with Gasteiger partial charge in [-0.1, -0.05) is 13.3 Å². The van der Waals surface area contributed by atoms with Crippen LogP contribution in [0, 0.1) is 11.3 Å². The molecule has 3 amide bonds. The van der Waals surface area contributed by atoms with Crippen LogP contribution in [-0.4, -0.2) is 29.1 Å². The van der Waals surface area contributed by atoms with Gasteiger partial charge in [0, 0.05) is 12.5 Å². The Morgan fingerprint density at radius 2 is 1.71 bits per heavy atom. The zero-order chi connectivity index (χ0) is 16.0. The van der Waals surface area contributed by atoms with Gasteiger partial charge in [0.1, 0.15) is 0 Å². The number of carboxylic acid groups (broad SMARTS) is 1. The molecule has 0 radical (unpaired) electrons. The number of hydrogen-bond acceptors (Lipinski definition) is 3. The molecule has 0 heterocycles. The minimum Gasteiger partial charge on any atom is -0.481 e. The summed E-state index contributed by atoms with van der Waals surface area (Å²) in [6, 6.07) is -0.422. The van der Waals surface area contributed by atoms with Gasteiger partial charge in [-0.05, 0) is 45.4 Å². The lowest BCUT2D eigenvalue weighted by atomic mass is 9.84. The van der Waals surface area contributed by atoms with Crippen LogP contribution in [0.25, 0.3) is 0 Å². The van der Waals surface area contributed by atoms with Gasteiger partial charge < -0.3 is 10.4 Å². The molecule has 0 aliphatic heterocycles. The molecule has 0 aromatic carbocycles. The fourth-order valence-electron chi connectivity index (χ4n) is 2.58. The first-order valence-electron chi connectivity index (χ1n) is 7.58. The second-order valence-electron chi connectivity index (χ2n) is 6.51. The molecule has 1 aliphatic rings. The number of carboxylic acids is 1. The van der Waals surface area contributed by atoms with Crippen molar-refractivity contribution in [1.82, 2.24) is 10.6 Å². The Labute approximate surface area is 125 Å². The molecule has 21 heavy (non-hydrogen) atoms. The van der Waals surface area contributed by atoms with Crippen molar-refractivity contribution >= 4 is 17.9 Å². The number of imide groups is 1. The summed E-state index contributed by atoms with van der Waals surface area (Å²) in [5, 5.41) is 14.0. The van der Waals surface area contributed by atoms with Gasteiger partial charge in [-0.3, -0.25) is 14.9 Å². The molecule has 6 nitrogen and oxygen atoms in total. The maximum atomic E-state index is 11.7. The summed E-state index contributed by atoms with van der Waals surface area (Å²) in [5.74, 6) is -0.887. The molecule has 3 N–H and O–H groups in total. The summed E-state index contributed by atoms with van der Waals surface area (Å²) < 4.78 is 0. The van der Waals surface area contributed by atoms with E-state index in [1.807, 2.05) is 0 Å². The first-order valence-corrected chi connectivity index (χ1v) is 7.58. The van der Waals surface area contributed by atoms with Gasteiger partial charge in [0.2, 0.25) is 5.91 Å². The summed E-state index contributed by atoms with van der Waals surface area (Å²) >= 11 is 0. The van der Waals surface area contributed by atoms with Crippen LogP contribution in [0.5, 0.6) is 0 Å². The second-order valence-corrected chi connectivity index (χ2v) is 6.51. The van der Waals surface area contributed by atoms with Crippen molar-refractivity contribution in [3.05, 3.63) is 0 Å². The van der Waals surface area contributed by atoms with E-state index < -0.39 is 23.3 Å². The fourth-order valence-corrected chi connectivity index (χ4v) is 2.58. The van der Waals surface area contributed by atoms with E-state index in [0.717, 1.165) is 31.6 Å². The van der Waals surface area contributed by atoms with Gasteiger partial charge in [0.05, 0.1) is 5.41 Å². The number of amides is 3. The maximum Gasteiger partial charge on any atom is 0.321 e. The summed E-state index contributed by atoms with van der Waals surface area (Å²) in [4.78, 5) is 34.4. The molecule has 1 saturated carbocycles. The molecule has 1 rings (SSSR count). The molecule has 0 saturated heterocycles. The molecule has 0 unspecified atom stereocenters. The summed E-state index contributed by atoms with van der Waals surface area (Å²) in [7, 11) is 0. The van der Waals surface area contributed by atoms with Crippen LogP contribution in [0.15, 0.2) is 0 Å². The van der Waals surface area contributed by atoms with Crippen LogP contribution in [0.1, 0.15) is 59.3 Å². The molecule has 0 spiro atoms. The summed E-state index contributed by atoms with van der Waals surface area (Å²) in [5.41, 5.74) is -1.18. The Morgan fingerprint density at radius 1 is 1.14 bits per heavy atom. The minimum atomic E-state index is -1.18. The Bertz CT molecular complexity index is 398. The van der Waals surface area contributed by atoms with Crippen molar-refractivity contribution < 1.29 is 19.5 Å². The lowest BCUT2D eigenvalue weighted by Crippen LogP contribution is -2.46. The quantitative estimate of drug-likeness (QED) is 0.725. The third kappa shape index (κ3) is 5.73. The lowest BCUT2D eigenvalue weighted by molar-refractivity contribution is -0.149. The van der Waals surface area contributed by atoms with E-state index in [1.165, 1.54) is 20.3 Å². The highest BCUT2D eigenvalue weighted by Crippen LogP contribution is 2.26. The highest BCUT2D eigenvalue weighted by molar-refractivity contribution is 5.96. The molecule has 1 aliphatic carbocycles. The van der Waals surface area contributed by atoms with Crippen LogP contribution < -0.4 is 10.6 Å². The van der Waals surface area contributed by atoms with E-state index in [-0.39, 0.29) is 12.5 Å². The zero-order valence-electron chi connectivity index (χ0n) is 13.1. The number of urea groups is 1. The molecule has 6 heteroatoms. The normalized spacial score (nSPS) is 22.4. The number of aliphatic carboxylic acids is 1. The van der Waals surface area contributed by atoms with Gasteiger partial charge in [-0.25, -0.2) is 4.79 Å². The van der Waals surface area contributed by atoms with Crippen molar-refractivity contribution in [2.24, 2.45) is 11.3 Å². The van der Waals surface area contributed by atoms with Crippen molar-refractivity contribution in [2.45, 2.75) is 65.3 Å². The van der Waals surface area contributed by atoms with E-state index >= 15 is 0 Å². The standard InChI is InChI=1S/C15H26N2O4/c1-4-10-5-7-11(8-6-10)16-14(21)17-12(18)9-15(2,3)13(19)20/h10-11H,4-9H2,1-3H3,(H,19,20)(H2,16,17,18,21). The SMILES string of the molecule is CCC1CCC(NC(=O)NC(=O)CC(C)(C)C(=O)O)CC1. The van der Waals surface area contributed by atoms with Crippen molar-refractivity contribution in [3.8, 4) is 0 Å². The second kappa shape index (κ2) is 7.43. The molecular formula is C15H26N2O4. The van der Waals surface area contributed by atoms with E-state index in [1.54, 1.807) is 0 Å². The predicted molar refractivity (Wildman–Crippen MR) is 78.7 cm³/mol. The summed E-state index contributed by atoms with van der Waals surface area (Å²) in [6.07, 6.45) is 5.00. The van der Waals surface area contributed by atoms with E-state index in [9.17, 15) is 14.4 Å². The van der Waals surface area contributed by atoms with Crippen LogP contribution in [0.3, 0.4) is 0 Å². The minimum absolute atomic E-state index is 0.105. The Kier molecular flexibility index (Phi) is 6.18. The summed E-state index contributed by atoms with van der Waals surface area (Å²) in [6.45, 7) is 5.09. The smallest absolute Gasteiger partial charge is 0.321 e. The van der Waals surface area contributed by atoms with Crippen molar-refractivity contribution in [2.75, 3.05) is 0 Å². The highest BCUT2D eigenvalue weighted by atomic mass is 16.4. The van der Waals surface area contributed by atoms with Crippen LogP contribution in [-0.2, 0) is 9.59 Å². The number of nitrogens with one attached hydrogen (secondary N) is 2. The topological polar surface area (TPSA) is 95.5 Å². The molecule has 0 aromatic heterocycles. The predicted octanol–water partition coefficient (Wildman–Crippen LogP) is 2.28. The molecule has 0 bridgehead atoms. The Balaban J connectivity index is 2.34. The average Bonchev–Trinajstić information content (AvgIpc) is 2.38. The van der Waals surface area contributed by atoms with Crippen LogP contribution in [0.4, 0.5) is 4.79 Å². The van der Waals surface area contributed by atoms with Crippen molar-refractivity contribution in [1.29, 1.82) is 0 Å². The Hall–Kier alpha value is -1.59. The van der Waals surface area contributed by atoms with Crippen LogP contribution >= 0.6 is 0 Å². The van der Waals surface area contributed by atoms with Gasteiger partial charge in [0.15, 0.2) is 0 Å². The fraction of sp³-hybridized carbons (Fsp3) is 0.800. The zero-order valence-corrected chi connectivity index (χ0v) is 13.1. The number of rotatable bonds is 5. The average molecular weight is 298 g/mol. The molecule has 0 atom stereocenters. The largest absolute Gasteiger partial charge is 0.481 e. The first kappa shape index (κ1) is 17.5. The number of carbonyl (C=O) groups is 3. The van der Waals surface area contributed by atoms with Gasteiger partial charge >= 0.3 is 12.0 Å². The molecule has 120 valence electrons. The van der Waals surface area contributed by atoms with E-state index in [2.05, 4.69) is 17.6 Å². The highest BCUT2D eigenvalue weighted by Gasteiger charge is 2.31. The lowest BCUT2D eigenvalue weighted by Gasteiger charge is -2.28. The van der Waals surface area contributed by atoms with Gasteiger partial charge in [-0.2, -0.15) is 0 Å². The van der Waals surface area contributed by atoms with Crippen molar-refractivity contribution in [3.63, 3.8) is 0 Å². The first-order chi connectivity index (χ1) is 9.74. The molecule has 1 fully saturated rings.